The van der Waals surface area contributed by atoms with E-state index in [0.29, 0.717) is 23.9 Å². The molecule has 4 nitrogen and oxygen atoms in total. The van der Waals surface area contributed by atoms with Gasteiger partial charge in [0.2, 0.25) is 0 Å². The van der Waals surface area contributed by atoms with E-state index in [1.807, 2.05) is 12.1 Å². The molecule has 5 rings (SSSR count). The molecule has 4 heteroatoms. The van der Waals surface area contributed by atoms with Gasteiger partial charge in [0.25, 0.3) is 5.91 Å². The highest BCUT2D eigenvalue weighted by molar-refractivity contribution is 5.94. The molecule has 2 aromatic rings. The number of hydrogen-bond donors (Lipinski definition) is 0. The standard InChI is InChI=1S/C24H29N3O/c28-24(19-9-11-25-12-10-19)26-16-20-15-21(17-26)23(14-18-6-2-1-3-7-18)27-13-5-4-8-22(20)27/h1-3,6-7,9-12,20-23H,4-5,8,13-17H2/t20-,21+,22+,23+/m1/s1. The second-order valence-electron chi connectivity index (χ2n) is 8.76. The zero-order valence-corrected chi connectivity index (χ0v) is 16.4. The van der Waals surface area contributed by atoms with Crippen LogP contribution in [0.5, 0.6) is 0 Å². The minimum absolute atomic E-state index is 0.180. The summed E-state index contributed by atoms with van der Waals surface area (Å²) in [5.41, 5.74) is 2.20. The Bertz CT molecular complexity index is 809. The lowest BCUT2D eigenvalue weighted by Crippen LogP contribution is -2.64. The average Bonchev–Trinajstić information content (AvgIpc) is 2.77. The van der Waals surface area contributed by atoms with Crippen LogP contribution in [0.1, 0.15) is 41.6 Å². The van der Waals surface area contributed by atoms with Gasteiger partial charge in [-0.05, 0) is 61.8 Å². The fourth-order valence-corrected chi connectivity index (χ4v) is 5.89. The fourth-order valence-electron chi connectivity index (χ4n) is 5.89. The largest absolute Gasteiger partial charge is 0.338 e. The van der Waals surface area contributed by atoms with Crippen molar-refractivity contribution in [3.05, 3.63) is 66.0 Å². The first kappa shape index (κ1) is 17.9. The molecule has 0 spiro atoms. The maximum Gasteiger partial charge on any atom is 0.253 e. The Morgan fingerprint density at radius 1 is 1.00 bits per heavy atom. The first-order valence-corrected chi connectivity index (χ1v) is 10.8. The van der Waals surface area contributed by atoms with E-state index in [-0.39, 0.29) is 5.91 Å². The third kappa shape index (κ3) is 3.35. The average molecular weight is 376 g/mol. The predicted molar refractivity (Wildman–Crippen MR) is 110 cm³/mol. The molecule has 1 amide bonds. The number of carbonyl (C=O) groups excluding carboxylic acids is 1. The van der Waals surface area contributed by atoms with Gasteiger partial charge in [0.1, 0.15) is 0 Å². The normalized spacial score (nSPS) is 29.9. The number of likely N-dealkylation sites (tertiary alicyclic amines) is 1. The molecule has 0 saturated carbocycles. The van der Waals surface area contributed by atoms with Crippen molar-refractivity contribution in [2.24, 2.45) is 11.8 Å². The van der Waals surface area contributed by atoms with E-state index in [1.165, 1.54) is 37.8 Å². The molecule has 3 fully saturated rings. The molecule has 0 N–H and O–H groups in total. The Balaban J connectivity index is 1.41. The summed E-state index contributed by atoms with van der Waals surface area (Å²) in [7, 11) is 0. The van der Waals surface area contributed by atoms with Crippen LogP contribution in [0.2, 0.25) is 0 Å². The van der Waals surface area contributed by atoms with Gasteiger partial charge in [-0.1, -0.05) is 36.8 Å². The Morgan fingerprint density at radius 3 is 2.61 bits per heavy atom. The van der Waals surface area contributed by atoms with Crippen molar-refractivity contribution in [3.63, 3.8) is 0 Å². The van der Waals surface area contributed by atoms with E-state index in [1.54, 1.807) is 12.4 Å². The summed E-state index contributed by atoms with van der Waals surface area (Å²) in [4.78, 5) is 22.2. The first-order valence-electron chi connectivity index (χ1n) is 10.8. The second kappa shape index (κ2) is 7.67. The number of amides is 1. The monoisotopic (exact) mass is 375 g/mol. The summed E-state index contributed by atoms with van der Waals surface area (Å²) in [6.07, 6.45) is 9.77. The van der Waals surface area contributed by atoms with Crippen molar-refractivity contribution in [2.75, 3.05) is 19.6 Å². The summed E-state index contributed by atoms with van der Waals surface area (Å²) < 4.78 is 0. The van der Waals surface area contributed by atoms with Crippen LogP contribution in [0.3, 0.4) is 0 Å². The number of rotatable bonds is 3. The topological polar surface area (TPSA) is 36.4 Å². The van der Waals surface area contributed by atoms with Crippen LogP contribution in [0.15, 0.2) is 54.9 Å². The number of aromatic nitrogens is 1. The quantitative estimate of drug-likeness (QED) is 0.822. The summed E-state index contributed by atoms with van der Waals surface area (Å²) in [5, 5.41) is 0. The molecule has 4 atom stereocenters. The zero-order valence-electron chi connectivity index (χ0n) is 16.4. The third-order valence-electron chi connectivity index (χ3n) is 7.12. The lowest BCUT2D eigenvalue weighted by molar-refractivity contribution is -0.0642. The smallest absolute Gasteiger partial charge is 0.253 e. The molecule has 1 aromatic heterocycles. The lowest BCUT2D eigenvalue weighted by atomic mass is 9.71. The van der Waals surface area contributed by atoms with Gasteiger partial charge in [-0.3, -0.25) is 14.7 Å². The SMILES string of the molecule is O=C(c1ccncc1)N1C[C@H]2C[C@@H](C1)[C@H](Cc1ccccc1)N1CCCC[C@@H]21. The Hall–Kier alpha value is -2.20. The number of nitrogens with zero attached hydrogens (tertiary/aromatic N) is 3. The minimum Gasteiger partial charge on any atom is -0.338 e. The number of hydrogen-bond acceptors (Lipinski definition) is 3. The maximum absolute atomic E-state index is 13.1. The number of fused-ring (bicyclic) bond motifs is 4. The molecule has 3 saturated heterocycles. The van der Waals surface area contributed by atoms with Gasteiger partial charge in [-0.15, -0.1) is 0 Å². The minimum atomic E-state index is 0.180. The summed E-state index contributed by atoms with van der Waals surface area (Å²) in [6, 6.07) is 15.8. The lowest BCUT2D eigenvalue weighted by Gasteiger charge is -2.57. The molecule has 0 aliphatic carbocycles. The number of piperidine rings is 3. The van der Waals surface area contributed by atoms with E-state index in [4.69, 9.17) is 0 Å². The molecule has 3 aliphatic heterocycles. The molecule has 4 heterocycles. The van der Waals surface area contributed by atoms with Crippen LogP contribution in [-0.2, 0) is 6.42 Å². The molecule has 28 heavy (non-hydrogen) atoms. The number of carbonyl (C=O) groups is 1. The van der Waals surface area contributed by atoms with Gasteiger partial charge < -0.3 is 4.90 Å². The highest BCUT2D eigenvalue weighted by atomic mass is 16.2. The van der Waals surface area contributed by atoms with Crippen molar-refractivity contribution in [2.45, 2.75) is 44.2 Å². The summed E-state index contributed by atoms with van der Waals surface area (Å²) in [6.45, 7) is 3.03. The highest BCUT2D eigenvalue weighted by Gasteiger charge is 2.47. The van der Waals surface area contributed by atoms with Gasteiger partial charge in [0, 0.05) is 43.1 Å². The molecule has 0 unspecified atom stereocenters. The van der Waals surface area contributed by atoms with Gasteiger partial charge in [0.15, 0.2) is 0 Å². The molecule has 1 aromatic carbocycles. The fraction of sp³-hybridized carbons (Fsp3) is 0.500. The molecular weight excluding hydrogens is 346 g/mol. The Kier molecular flexibility index (Phi) is 4.89. The van der Waals surface area contributed by atoms with Gasteiger partial charge in [-0.2, -0.15) is 0 Å². The van der Waals surface area contributed by atoms with Crippen molar-refractivity contribution in [1.29, 1.82) is 0 Å². The second-order valence-corrected chi connectivity index (χ2v) is 8.76. The van der Waals surface area contributed by atoms with Crippen LogP contribution >= 0.6 is 0 Å². The zero-order chi connectivity index (χ0) is 18.9. The van der Waals surface area contributed by atoms with Crippen LogP contribution in [0, 0.1) is 11.8 Å². The van der Waals surface area contributed by atoms with Crippen LogP contribution in [-0.4, -0.2) is 52.4 Å². The van der Waals surface area contributed by atoms with Gasteiger partial charge in [0.05, 0.1) is 0 Å². The van der Waals surface area contributed by atoms with E-state index in [9.17, 15) is 4.79 Å². The van der Waals surface area contributed by atoms with E-state index in [0.717, 1.165) is 25.1 Å². The van der Waals surface area contributed by atoms with E-state index >= 15 is 0 Å². The van der Waals surface area contributed by atoms with E-state index in [2.05, 4.69) is 45.1 Å². The number of pyridine rings is 1. The molecular formula is C24H29N3O. The number of benzene rings is 1. The van der Waals surface area contributed by atoms with Crippen LogP contribution < -0.4 is 0 Å². The van der Waals surface area contributed by atoms with Gasteiger partial charge >= 0.3 is 0 Å². The highest BCUT2D eigenvalue weighted by Crippen LogP contribution is 2.42. The van der Waals surface area contributed by atoms with E-state index < -0.39 is 0 Å². The van der Waals surface area contributed by atoms with Crippen molar-refractivity contribution >= 4 is 5.91 Å². The predicted octanol–water partition coefficient (Wildman–Crippen LogP) is 3.64. The summed E-state index contributed by atoms with van der Waals surface area (Å²) in [5.74, 6) is 1.37. The molecule has 146 valence electrons. The third-order valence-corrected chi connectivity index (χ3v) is 7.12. The van der Waals surface area contributed by atoms with Crippen LogP contribution in [0.25, 0.3) is 0 Å². The Labute approximate surface area is 167 Å². The van der Waals surface area contributed by atoms with Crippen molar-refractivity contribution < 1.29 is 4.79 Å². The van der Waals surface area contributed by atoms with Crippen LogP contribution in [0.4, 0.5) is 0 Å². The first-order chi connectivity index (χ1) is 13.8. The Morgan fingerprint density at radius 2 is 1.79 bits per heavy atom. The molecule has 3 aliphatic rings. The molecule has 2 bridgehead atoms. The van der Waals surface area contributed by atoms with Crippen molar-refractivity contribution in [3.8, 4) is 0 Å². The van der Waals surface area contributed by atoms with Crippen molar-refractivity contribution in [1.82, 2.24) is 14.8 Å². The maximum atomic E-state index is 13.1. The summed E-state index contributed by atoms with van der Waals surface area (Å²) >= 11 is 0. The van der Waals surface area contributed by atoms with Gasteiger partial charge in [-0.25, -0.2) is 0 Å². The molecule has 0 radical (unpaired) electrons.